The Morgan fingerprint density at radius 3 is 2.38 bits per heavy atom. The van der Waals surface area contributed by atoms with Gasteiger partial charge >= 0.3 is 0 Å². The lowest BCUT2D eigenvalue weighted by atomic mass is 9.88. The first-order valence-electron chi connectivity index (χ1n) is 11.2. The molecule has 1 saturated heterocycles. The van der Waals surface area contributed by atoms with Gasteiger partial charge < -0.3 is 10.1 Å². The van der Waals surface area contributed by atoms with Crippen LogP contribution in [0, 0.1) is 29.3 Å². The van der Waals surface area contributed by atoms with Crippen molar-refractivity contribution in [3.63, 3.8) is 0 Å². The van der Waals surface area contributed by atoms with Crippen LogP contribution in [0.2, 0.25) is 0 Å². The third kappa shape index (κ3) is 5.46. The van der Waals surface area contributed by atoms with E-state index in [1.54, 1.807) is 6.20 Å². The molecular weight excluding hydrogens is 441 g/mol. The second kappa shape index (κ2) is 10.4. The summed E-state index contributed by atoms with van der Waals surface area (Å²) >= 11 is 0. The maximum atomic E-state index is 13.6. The van der Waals surface area contributed by atoms with E-state index >= 15 is 0 Å². The smallest absolute Gasteiger partial charge is 0.150 e. The summed E-state index contributed by atoms with van der Waals surface area (Å²) < 4.78 is 40.0. The topological polar surface area (TPSA) is 65.0 Å². The molecule has 1 aliphatic heterocycles. The molecule has 4 heterocycles. The molecule has 4 aromatic rings. The molecule has 0 amide bonds. The van der Waals surface area contributed by atoms with E-state index in [9.17, 15) is 18.3 Å². The number of piperidine rings is 1. The van der Waals surface area contributed by atoms with Crippen molar-refractivity contribution in [2.45, 2.75) is 26.5 Å². The fraction of sp³-hybridized carbons (Fsp3) is 0.308. The van der Waals surface area contributed by atoms with E-state index in [4.69, 9.17) is 0 Å². The number of halogens is 3. The Kier molecular flexibility index (Phi) is 7.29. The summed E-state index contributed by atoms with van der Waals surface area (Å²) in [4.78, 5) is 13.1. The number of nitrogens with zero attached hydrogens (tertiary/aromatic N) is 3. The number of benzene rings is 1. The van der Waals surface area contributed by atoms with Gasteiger partial charge in [-0.1, -0.05) is 19.9 Å². The number of nitrogens with one attached hydrogen (secondary N) is 1. The zero-order chi connectivity index (χ0) is 24.2. The summed E-state index contributed by atoms with van der Waals surface area (Å²) in [6.45, 7) is 7.13. The molecule has 0 radical (unpaired) electrons. The Hall–Kier alpha value is -3.23. The molecule has 0 spiro atoms. The number of aliphatic hydroxyl groups is 1. The van der Waals surface area contributed by atoms with E-state index in [-0.39, 0.29) is 17.1 Å². The molecule has 34 heavy (non-hydrogen) atoms. The lowest BCUT2D eigenvalue weighted by molar-refractivity contribution is -0.0107. The summed E-state index contributed by atoms with van der Waals surface area (Å²) in [7, 11) is 0. The molecule has 2 unspecified atom stereocenters. The fourth-order valence-corrected chi connectivity index (χ4v) is 4.51. The van der Waals surface area contributed by atoms with E-state index < -0.39 is 17.5 Å². The molecule has 178 valence electrons. The summed E-state index contributed by atoms with van der Waals surface area (Å²) in [5.41, 5.74) is 2.27. The number of hydrogen-bond acceptors (Lipinski definition) is 4. The van der Waals surface area contributed by atoms with Crippen molar-refractivity contribution in [3.05, 3.63) is 84.2 Å². The molecule has 0 saturated carbocycles. The van der Waals surface area contributed by atoms with Crippen molar-refractivity contribution in [2.75, 3.05) is 13.1 Å². The van der Waals surface area contributed by atoms with Crippen molar-refractivity contribution in [1.82, 2.24) is 19.9 Å². The number of aromatic amines is 1. The highest BCUT2D eigenvalue weighted by Gasteiger charge is 2.30. The van der Waals surface area contributed by atoms with Gasteiger partial charge in [0.25, 0.3) is 0 Å². The monoisotopic (exact) mass is 468 g/mol. The van der Waals surface area contributed by atoms with Crippen LogP contribution in [0.5, 0.6) is 0 Å². The Bertz CT molecular complexity index is 1220. The molecule has 2 atom stereocenters. The van der Waals surface area contributed by atoms with Gasteiger partial charge in [-0.15, -0.1) is 0 Å². The van der Waals surface area contributed by atoms with Crippen LogP contribution in [-0.2, 0) is 6.54 Å². The molecule has 5 rings (SSSR count). The molecule has 1 fully saturated rings. The number of fused-ring (bicyclic) bond motifs is 1. The average molecular weight is 469 g/mol. The summed E-state index contributed by atoms with van der Waals surface area (Å²) in [5.74, 6) is -1.18. The SMILES string of the molecule is CC1CN(Cc2cccnc2)CC(C)C1O.Fc1cc(F)cc(-c2ccnc3[nH]cc(F)c23)c1. The van der Waals surface area contributed by atoms with Crippen LogP contribution in [0.4, 0.5) is 13.2 Å². The summed E-state index contributed by atoms with van der Waals surface area (Å²) in [6.07, 6.45) is 6.19. The molecule has 2 N–H and O–H groups in total. The molecule has 1 aromatic carbocycles. The molecular formula is C26H27F3N4O. The normalized spacial score (nSPS) is 20.7. The zero-order valence-corrected chi connectivity index (χ0v) is 19.0. The third-order valence-electron chi connectivity index (χ3n) is 6.09. The summed E-state index contributed by atoms with van der Waals surface area (Å²) in [5, 5.41) is 10.1. The fourth-order valence-electron chi connectivity index (χ4n) is 4.51. The van der Waals surface area contributed by atoms with E-state index in [1.807, 2.05) is 12.3 Å². The molecule has 1 aliphatic rings. The van der Waals surface area contributed by atoms with Crippen LogP contribution in [0.1, 0.15) is 19.4 Å². The first-order valence-corrected chi connectivity index (χ1v) is 11.2. The molecule has 0 aliphatic carbocycles. The van der Waals surface area contributed by atoms with E-state index in [1.165, 1.54) is 17.8 Å². The molecule has 3 aromatic heterocycles. The highest BCUT2D eigenvalue weighted by Crippen LogP contribution is 2.30. The number of rotatable bonds is 3. The van der Waals surface area contributed by atoms with Gasteiger partial charge in [-0.3, -0.25) is 9.88 Å². The zero-order valence-electron chi connectivity index (χ0n) is 19.0. The second-order valence-electron chi connectivity index (χ2n) is 8.88. The Morgan fingerprint density at radius 1 is 1.03 bits per heavy atom. The summed E-state index contributed by atoms with van der Waals surface area (Å²) in [6, 6.07) is 8.69. The van der Waals surface area contributed by atoms with Gasteiger partial charge in [-0.2, -0.15) is 0 Å². The maximum Gasteiger partial charge on any atom is 0.150 e. The van der Waals surface area contributed by atoms with Gasteiger partial charge in [0.2, 0.25) is 0 Å². The number of H-pyrrole nitrogens is 1. The number of aliphatic hydroxyl groups excluding tert-OH is 1. The molecule has 8 heteroatoms. The number of hydrogen-bond donors (Lipinski definition) is 2. The number of pyridine rings is 2. The van der Waals surface area contributed by atoms with Gasteiger partial charge in [-0.05, 0) is 52.8 Å². The van der Waals surface area contributed by atoms with Crippen LogP contribution in [-0.4, -0.2) is 44.2 Å². The minimum atomic E-state index is -0.703. The van der Waals surface area contributed by atoms with Gasteiger partial charge in [0.15, 0.2) is 5.82 Å². The third-order valence-corrected chi connectivity index (χ3v) is 6.09. The highest BCUT2D eigenvalue weighted by atomic mass is 19.1. The van der Waals surface area contributed by atoms with Crippen molar-refractivity contribution < 1.29 is 18.3 Å². The first kappa shape index (κ1) is 23.9. The second-order valence-corrected chi connectivity index (χ2v) is 8.88. The van der Waals surface area contributed by atoms with E-state index in [0.717, 1.165) is 44.0 Å². The van der Waals surface area contributed by atoms with Crippen LogP contribution < -0.4 is 0 Å². The number of aromatic nitrogens is 3. The number of likely N-dealkylation sites (tertiary alicyclic amines) is 1. The Morgan fingerprint density at radius 2 is 1.74 bits per heavy atom. The van der Waals surface area contributed by atoms with Gasteiger partial charge in [0.05, 0.1) is 11.5 Å². The van der Waals surface area contributed by atoms with Crippen LogP contribution in [0.3, 0.4) is 0 Å². The van der Waals surface area contributed by atoms with Gasteiger partial charge in [0, 0.05) is 50.5 Å². The molecule has 5 nitrogen and oxygen atoms in total. The average Bonchev–Trinajstić information content (AvgIpc) is 3.19. The van der Waals surface area contributed by atoms with Gasteiger partial charge in [-0.25, -0.2) is 18.2 Å². The highest BCUT2D eigenvalue weighted by molar-refractivity contribution is 5.93. The van der Waals surface area contributed by atoms with Gasteiger partial charge in [0.1, 0.15) is 17.3 Å². The Labute approximate surface area is 196 Å². The lowest BCUT2D eigenvalue weighted by Crippen LogP contribution is -2.46. The van der Waals surface area contributed by atoms with E-state index in [0.29, 0.717) is 23.0 Å². The van der Waals surface area contributed by atoms with Crippen LogP contribution >= 0.6 is 0 Å². The minimum Gasteiger partial charge on any atom is -0.392 e. The minimum absolute atomic E-state index is 0.148. The predicted octanol–water partition coefficient (Wildman–Crippen LogP) is 5.18. The Balaban J connectivity index is 0.000000162. The first-order chi connectivity index (χ1) is 16.3. The molecule has 0 bridgehead atoms. The van der Waals surface area contributed by atoms with Crippen LogP contribution in [0.15, 0.2) is 61.2 Å². The maximum absolute atomic E-state index is 13.6. The van der Waals surface area contributed by atoms with E-state index in [2.05, 4.69) is 39.8 Å². The van der Waals surface area contributed by atoms with Crippen LogP contribution in [0.25, 0.3) is 22.2 Å². The van der Waals surface area contributed by atoms with Crippen molar-refractivity contribution in [3.8, 4) is 11.1 Å². The predicted molar refractivity (Wildman–Crippen MR) is 125 cm³/mol. The lowest BCUT2D eigenvalue weighted by Gasteiger charge is -2.38. The van der Waals surface area contributed by atoms with Crippen molar-refractivity contribution >= 4 is 11.0 Å². The standard InChI is InChI=1S/C13H7F3N2.C13H20N2O/c14-8-3-7(4-9(15)5-8)10-1-2-17-13-12(10)11(16)6-18-13;1-10-7-15(8-11(2)13(10)16)9-12-4-3-5-14-6-12/h1-6H,(H,17,18);3-6,10-11,13,16H,7-9H2,1-2H3. The quantitative estimate of drug-likeness (QED) is 0.435. The van der Waals surface area contributed by atoms with Crippen molar-refractivity contribution in [2.24, 2.45) is 11.8 Å². The van der Waals surface area contributed by atoms with Crippen molar-refractivity contribution in [1.29, 1.82) is 0 Å². The largest absolute Gasteiger partial charge is 0.392 e.